The van der Waals surface area contributed by atoms with E-state index in [-0.39, 0.29) is 18.5 Å². The Hall–Kier alpha value is -3.70. The van der Waals surface area contributed by atoms with E-state index in [1.807, 2.05) is 0 Å². The summed E-state index contributed by atoms with van der Waals surface area (Å²) in [6, 6.07) is 6.17. The van der Waals surface area contributed by atoms with Crippen molar-refractivity contribution in [2.45, 2.75) is 63.9 Å². The van der Waals surface area contributed by atoms with E-state index < -0.39 is 71.9 Å². The summed E-state index contributed by atoms with van der Waals surface area (Å²) in [6.45, 7) is 3.12. The van der Waals surface area contributed by atoms with Crippen LogP contribution in [-0.2, 0) is 27.2 Å². The number of carbonyl (C=O) groups excluding carboxylic acids is 3. The van der Waals surface area contributed by atoms with Crippen LogP contribution in [0.2, 0.25) is 0 Å². The van der Waals surface area contributed by atoms with Crippen molar-refractivity contribution in [3.8, 4) is 0 Å². The summed E-state index contributed by atoms with van der Waals surface area (Å²) < 4.78 is 73.8. The summed E-state index contributed by atoms with van der Waals surface area (Å²) in [4.78, 5) is 39.4. The molecule has 3 amide bonds. The first kappa shape index (κ1) is 28.9. The van der Waals surface area contributed by atoms with Gasteiger partial charge in [-0.1, -0.05) is 24.3 Å². The van der Waals surface area contributed by atoms with Crippen LogP contribution in [-0.4, -0.2) is 48.3 Å². The number of fused-ring (bicyclic) bond motifs is 1. The van der Waals surface area contributed by atoms with E-state index >= 15 is 0 Å². The van der Waals surface area contributed by atoms with Crippen molar-refractivity contribution < 1.29 is 41.1 Å². The molecule has 0 saturated carbocycles. The summed E-state index contributed by atoms with van der Waals surface area (Å²) in [7, 11) is 0. The molecule has 2 aromatic rings. The Labute approximate surface area is 216 Å². The number of benzene rings is 2. The average Bonchev–Trinajstić information content (AvgIpc) is 2.91. The molecule has 12 heteroatoms. The standard InChI is InChI=1S/C26H28F5N3O4/c1-25(2,3)38-24(37)33-20(13-16-17(27)8-6-9-18(16)28)22(35)32-19-12-11-15-7-4-5-10-21(15)34(23(19)36)14-26(29,30)31/h4-10,19-20H,11-14H2,1-3H3,(H,32,35)(H,33,37)/t19-,20-/m1/s1. The minimum Gasteiger partial charge on any atom is -0.444 e. The van der Waals surface area contributed by atoms with Gasteiger partial charge in [-0.3, -0.25) is 9.59 Å². The summed E-state index contributed by atoms with van der Waals surface area (Å²) in [5.74, 6) is -3.96. The Kier molecular flexibility index (Phi) is 8.63. The van der Waals surface area contributed by atoms with Gasteiger partial charge in [0.25, 0.3) is 0 Å². The number of alkyl halides is 3. The lowest BCUT2D eigenvalue weighted by Gasteiger charge is -2.28. The van der Waals surface area contributed by atoms with Gasteiger partial charge in [0.1, 0.15) is 35.9 Å². The van der Waals surface area contributed by atoms with Gasteiger partial charge in [-0.05, 0) is 57.4 Å². The van der Waals surface area contributed by atoms with Crippen LogP contribution in [0.15, 0.2) is 42.5 Å². The lowest BCUT2D eigenvalue weighted by atomic mass is 10.0. The zero-order chi connectivity index (χ0) is 28.3. The maximum Gasteiger partial charge on any atom is 0.408 e. The van der Waals surface area contributed by atoms with Gasteiger partial charge >= 0.3 is 12.3 Å². The molecule has 0 aromatic heterocycles. The quantitative estimate of drug-likeness (QED) is 0.530. The summed E-state index contributed by atoms with van der Waals surface area (Å²) in [5.41, 5.74) is -0.903. The Morgan fingerprint density at radius 3 is 2.29 bits per heavy atom. The molecule has 7 nitrogen and oxygen atoms in total. The Bertz CT molecular complexity index is 1180. The Balaban J connectivity index is 1.88. The molecule has 38 heavy (non-hydrogen) atoms. The Morgan fingerprint density at radius 2 is 1.68 bits per heavy atom. The monoisotopic (exact) mass is 541 g/mol. The minimum atomic E-state index is -4.72. The topological polar surface area (TPSA) is 87.7 Å². The second-order valence-electron chi connectivity index (χ2n) is 9.87. The first-order valence-corrected chi connectivity index (χ1v) is 11.8. The van der Waals surface area contributed by atoms with Crippen molar-refractivity contribution in [3.63, 3.8) is 0 Å². The van der Waals surface area contributed by atoms with E-state index in [9.17, 15) is 36.3 Å². The number of nitrogens with zero attached hydrogens (tertiary/aromatic N) is 1. The lowest BCUT2D eigenvalue weighted by Crippen LogP contribution is -2.56. The number of hydrogen-bond donors (Lipinski definition) is 2. The number of para-hydroxylation sites is 1. The molecular formula is C26H28F5N3O4. The molecular weight excluding hydrogens is 513 g/mol. The van der Waals surface area contributed by atoms with E-state index in [0.29, 0.717) is 10.5 Å². The highest BCUT2D eigenvalue weighted by molar-refractivity contribution is 6.01. The molecule has 3 rings (SSSR count). The number of halogens is 5. The molecule has 0 unspecified atom stereocenters. The van der Waals surface area contributed by atoms with Crippen LogP contribution in [0.4, 0.5) is 32.4 Å². The lowest BCUT2D eigenvalue weighted by molar-refractivity contribution is -0.135. The SMILES string of the molecule is CC(C)(C)OC(=O)N[C@H](Cc1c(F)cccc1F)C(=O)N[C@@H]1CCc2ccccc2N(CC(F)(F)F)C1=O. The fraction of sp³-hybridized carbons (Fsp3) is 0.423. The molecule has 2 N–H and O–H groups in total. The van der Waals surface area contributed by atoms with Gasteiger partial charge in [0.15, 0.2) is 0 Å². The van der Waals surface area contributed by atoms with Crippen molar-refractivity contribution in [2.24, 2.45) is 0 Å². The number of carbonyl (C=O) groups is 3. The number of aryl methyl sites for hydroxylation is 1. The molecule has 206 valence electrons. The minimum absolute atomic E-state index is 0.0385. The third-order valence-electron chi connectivity index (χ3n) is 5.68. The van der Waals surface area contributed by atoms with Crippen LogP contribution in [0.1, 0.15) is 38.3 Å². The molecule has 2 atom stereocenters. The van der Waals surface area contributed by atoms with Crippen molar-refractivity contribution >= 4 is 23.6 Å². The van der Waals surface area contributed by atoms with Crippen LogP contribution in [0.25, 0.3) is 0 Å². The normalized spacial score (nSPS) is 16.8. The summed E-state index contributed by atoms with van der Waals surface area (Å²) >= 11 is 0. The molecule has 0 bridgehead atoms. The number of hydrogen-bond acceptors (Lipinski definition) is 4. The summed E-state index contributed by atoms with van der Waals surface area (Å²) in [6.07, 6.45) is -6.29. The zero-order valence-corrected chi connectivity index (χ0v) is 21.0. The third kappa shape index (κ3) is 7.65. The molecule has 0 radical (unpaired) electrons. The van der Waals surface area contributed by atoms with Gasteiger partial charge in [0.05, 0.1) is 0 Å². The van der Waals surface area contributed by atoms with Gasteiger partial charge in [-0.25, -0.2) is 13.6 Å². The van der Waals surface area contributed by atoms with E-state index in [0.717, 1.165) is 18.2 Å². The van der Waals surface area contributed by atoms with Crippen LogP contribution in [0.3, 0.4) is 0 Å². The molecule has 0 fully saturated rings. The van der Waals surface area contributed by atoms with E-state index in [2.05, 4.69) is 10.6 Å². The molecule has 0 saturated heterocycles. The number of anilines is 1. The number of amides is 3. The first-order chi connectivity index (χ1) is 17.6. The fourth-order valence-corrected chi connectivity index (χ4v) is 4.05. The van der Waals surface area contributed by atoms with Crippen LogP contribution in [0.5, 0.6) is 0 Å². The second-order valence-corrected chi connectivity index (χ2v) is 9.87. The predicted molar refractivity (Wildman–Crippen MR) is 128 cm³/mol. The van der Waals surface area contributed by atoms with Crippen LogP contribution >= 0.6 is 0 Å². The highest BCUT2D eigenvalue weighted by Crippen LogP contribution is 2.30. The highest BCUT2D eigenvalue weighted by Gasteiger charge is 2.40. The smallest absolute Gasteiger partial charge is 0.408 e. The second kappa shape index (κ2) is 11.4. The largest absolute Gasteiger partial charge is 0.444 e. The van der Waals surface area contributed by atoms with Gasteiger partial charge in [0.2, 0.25) is 11.8 Å². The Morgan fingerprint density at radius 1 is 1.05 bits per heavy atom. The van der Waals surface area contributed by atoms with Gasteiger partial charge in [-0.15, -0.1) is 0 Å². The summed E-state index contributed by atoms with van der Waals surface area (Å²) in [5, 5.41) is 4.63. The fourth-order valence-electron chi connectivity index (χ4n) is 4.05. The van der Waals surface area contributed by atoms with Crippen molar-refractivity contribution in [1.82, 2.24) is 10.6 Å². The molecule has 1 aliphatic rings. The van der Waals surface area contributed by atoms with Crippen LogP contribution < -0.4 is 15.5 Å². The zero-order valence-electron chi connectivity index (χ0n) is 21.0. The number of nitrogens with one attached hydrogen (secondary N) is 2. The van der Waals surface area contributed by atoms with Gasteiger partial charge < -0.3 is 20.3 Å². The first-order valence-electron chi connectivity index (χ1n) is 11.8. The van der Waals surface area contributed by atoms with E-state index in [1.165, 1.54) is 12.1 Å². The maximum atomic E-state index is 14.3. The van der Waals surface area contributed by atoms with Crippen LogP contribution in [0, 0.1) is 11.6 Å². The van der Waals surface area contributed by atoms with Gasteiger partial charge in [-0.2, -0.15) is 13.2 Å². The van der Waals surface area contributed by atoms with E-state index in [1.54, 1.807) is 32.9 Å². The van der Waals surface area contributed by atoms with Crippen molar-refractivity contribution in [1.29, 1.82) is 0 Å². The predicted octanol–water partition coefficient (Wildman–Crippen LogP) is 4.43. The molecule has 1 aliphatic heterocycles. The van der Waals surface area contributed by atoms with E-state index in [4.69, 9.17) is 4.74 Å². The number of alkyl carbamates (subject to hydrolysis) is 1. The molecule has 1 heterocycles. The highest BCUT2D eigenvalue weighted by atomic mass is 19.4. The number of rotatable bonds is 6. The van der Waals surface area contributed by atoms with Gasteiger partial charge in [0, 0.05) is 17.7 Å². The number of ether oxygens (including phenoxy) is 1. The van der Waals surface area contributed by atoms with Crippen molar-refractivity contribution in [2.75, 3.05) is 11.4 Å². The maximum absolute atomic E-state index is 14.3. The molecule has 0 aliphatic carbocycles. The molecule has 2 aromatic carbocycles. The van der Waals surface area contributed by atoms with Crippen molar-refractivity contribution in [3.05, 3.63) is 65.2 Å². The third-order valence-corrected chi connectivity index (χ3v) is 5.68. The average molecular weight is 542 g/mol. The molecule has 0 spiro atoms.